The minimum atomic E-state index is -0.174. The molecular formula is C22H30N4O2S. The molecule has 1 saturated heterocycles. The molecule has 1 aromatic heterocycles. The molecule has 3 N–H and O–H groups in total. The Balaban J connectivity index is 1.50. The zero-order chi connectivity index (χ0) is 20.6. The number of likely N-dealkylation sites (tertiary alicyclic amines) is 1. The Bertz CT molecular complexity index is 784. The molecule has 0 aliphatic carbocycles. The van der Waals surface area contributed by atoms with Gasteiger partial charge in [0.1, 0.15) is 0 Å². The second-order valence-corrected chi connectivity index (χ2v) is 8.57. The van der Waals surface area contributed by atoms with E-state index in [0.717, 1.165) is 24.6 Å². The van der Waals surface area contributed by atoms with Crippen molar-refractivity contribution in [2.45, 2.75) is 32.4 Å². The largest absolute Gasteiger partial charge is 0.355 e. The second-order valence-electron chi connectivity index (χ2n) is 7.59. The van der Waals surface area contributed by atoms with Crippen LogP contribution in [-0.2, 0) is 6.54 Å². The molecule has 0 bridgehead atoms. The first-order valence-electron chi connectivity index (χ1n) is 10.2. The number of hydrogen-bond acceptors (Lipinski definition) is 4. The second kappa shape index (κ2) is 10.4. The van der Waals surface area contributed by atoms with Crippen LogP contribution in [0, 0.1) is 5.92 Å². The van der Waals surface area contributed by atoms with Crippen molar-refractivity contribution < 1.29 is 9.59 Å². The first-order chi connectivity index (χ1) is 14.1. The number of thiophene rings is 1. The molecule has 1 unspecified atom stereocenters. The van der Waals surface area contributed by atoms with Crippen LogP contribution in [-0.4, -0.2) is 43.5 Å². The van der Waals surface area contributed by atoms with Crippen molar-refractivity contribution in [2.24, 2.45) is 5.92 Å². The van der Waals surface area contributed by atoms with E-state index in [0.29, 0.717) is 18.7 Å². The number of amides is 3. The van der Waals surface area contributed by atoms with E-state index in [9.17, 15) is 9.59 Å². The molecule has 0 radical (unpaired) electrons. The first kappa shape index (κ1) is 21.3. The van der Waals surface area contributed by atoms with Gasteiger partial charge in [-0.25, -0.2) is 4.79 Å². The SMILES string of the molecule is CNC(=O)c1ccc(CNC(=O)NCC(c2cccs2)N2CCC(C)CC2)cc1. The van der Waals surface area contributed by atoms with Crippen LogP contribution >= 0.6 is 11.3 Å². The molecule has 2 heterocycles. The maximum absolute atomic E-state index is 12.3. The highest BCUT2D eigenvalue weighted by Crippen LogP contribution is 2.29. The number of nitrogens with zero attached hydrogens (tertiary/aromatic N) is 1. The molecule has 1 fully saturated rings. The van der Waals surface area contributed by atoms with Crippen molar-refractivity contribution in [3.05, 3.63) is 57.8 Å². The van der Waals surface area contributed by atoms with Crippen LogP contribution in [0.3, 0.4) is 0 Å². The normalized spacial score (nSPS) is 16.2. The molecule has 1 atom stereocenters. The van der Waals surface area contributed by atoms with Crippen molar-refractivity contribution in [2.75, 3.05) is 26.7 Å². The van der Waals surface area contributed by atoms with Crippen molar-refractivity contribution >= 4 is 23.3 Å². The maximum Gasteiger partial charge on any atom is 0.315 e. The van der Waals surface area contributed by atoms with E-state index < -0.39 is 0 Å². The van der Waals surface area contributed by atoms with Crippen LogP contribution in [0.5, 0.6) is 0 Å². The monoisotopic (exact) mass is 414 g/mol. The fourth-order valence-electron chi connectivity index (χ4n) is 3.58. The summed E-state index contributed by atoms with van der Waals surface area (Å²) in [5, 5.41) is 10.6. The molecule has 1 aromatic carbocycles. The van der Waals surface area contributed by atoms with Crippen LogP contribution < -0.4 is 16.0 Å². The lowest BCUT2D eigenvalue weighted by Crippen LogP contribution is -2.44. The van der Waals surface area contributed by atoms with E-state index >= 15 is 0 Å². The summed E-state index contributed by atoms with van der Waals surface area (Å²) in [7, 11) is 1.61. The summed E-state index contributed by atoms with van der Waals surface area (Å²) in [6, 6.07) is 11.5. The third-order valence-corrected chi connectivity index (χ3v) is 6.46. The average Bonchev–Trinajstić information content (AvgIpc) is 3.28. The van der Waals surface area contributed by atoms with Gasteiger partial charge in [0, 0.05) is 30.6 Å². The predicted molar refractivity (Wildman–Crippen MR) is 117 cm³/mol. The van der Waals surface area contributed by atoms with Gasteiger partial charge in [0.15, 0.2) is 0 Å². The molecule has 3 rings (SSSR count). The molecule has 29 heavy (non-hydrogen) atoms. The molecule has 1 aliphatic rings. The van der Waals surface area contributed by atoms with Crippen LogP contribution in [0.4, 0.5) is 4.79 Å². The van der Waals surface area contributed by atoms with Crippen molar-refractivity contribution in [1.82, 2.24) is 20.9 Å². The van der Waals surface area contributed by atoms with Crippen LogP contribution in [0.2, 0.25) is 0 Å². The number of piperidine rings is 1. The summed E-state index contributed by atoms with van der Waals surface area (Å²) in [6.07, 6.45) is 2.42. The highest BCUT2D eigenvalue weighted by molar-refractivity contribution is 7.10. The summed E-state index contributed by atoms with van der Waals surface area (Å²) < 4.78 is 0. The van der Waals surface area contributed by atoms with Gasteiger partial charge < -0.3 is 16.0 Å². The third-order valence-electron chi connectivity index (χ3n) is 5.48. The minimum absolute atomic E-state index is 0.117. The smallest absolute Gasteiger partial charge is 0.315 e. The van der Waals surface area contributed by atoms with Crippen LogP contribution in [0.1, 0.15) is 46.6 Å². The fraction of sp³-hybridized carbons (Fsp3) is 0.455. The number of urea groups is 1. The molecule has 1 aliphatic heterocycles. The van der Waals surface area contributed by atoms with Gasteiger partial charge in [-0.15, -0.1) is 11.3 Å². The Morgan fingerprint density at radius 1 is 1.14 bits per heavy atom. The van der Waals surface area contributed by atoms with Gasteiger partial charge in [-0.05, 0) is 61.0 Å². The van der Waals surface area contributed by atoms with Gasteiger partial charge in [0.2, 0.25) is 0 Å². The number of rotatable bonds is 7. The van der Waals surface area contributed by atoms with Crippen LogP contribution in [0.15, 0.2) is 41.8 Å². The molecule has 7 heteroatoms. The standard InChI is InChI=1S/C22H30N4O2S/c1-16-9-11-26(12-10-16)19(20-4-3-13-29-20)15-25-22(28)24-14-17-5-7-18(8-6-17)21(27)23-2/h3-8,13,16,19H,9-12,14-15H2,1-2H3,(H,23,27)(H2,24,25,28). The van der Waals surface area contributed by atoms with E-state index in [1.54, 1.807) is 30.5 Å². The Hall–Kier alpha value is -2.38. The minimum Gasteiger partial charge on any atom is -0.355 e. The quantitative estimate of drug-likeness (QED) is 0.650. The van der Waals surface area contributed by atoms with E-state index in [-0.39, 0.29) is 18.0 Å². The lowest BCUT2D eigenvalue weighted by atomic mass is 9.97. The van der Waals surface area contributed by atoms with E-state index in [1.165, 1.54) is 17.7 Å². The lowest BCUT2D eigenvalue weighted by molar-refractivity contribution is 0.0963. The number of carbonyl (C=O) groups excluding carboxylic acids is 2. The summed E-state index contributed by atoms with van der Waals surface area (Å²) in [5.41, 5.74) is 1.56. The summed E-state index contributed by atoms with van der Waals surface area (Å²) in [5.74, 6) is 0.662. The molecular weight excluding hydrogens is 384 g/mol. The topological polar surface area (TPSA) is 73.5 Å². The highest BCUT2D eigenvalue weighted by Gasteiger charge is 2.25. The van der Waals surface area contributed by atoms with E-state index in [2.05, 4.69) is 45.3 Å². The van der Waals surface area contributed by atoms with Gasteiger partial charge in [-0.3, -0.25) is 9.69 Å². The Kier molecular flexibility index (Phi) is 7.66. The Morgan fingerprint density at radius 3 is 2.48 bits per heavy atom. The van der Waals surface area contributed by atoms with Gasteiger partial charge in [-0.1, -0.05) is 25.1 Å². The number of carbonyl (C=O) groups is 2. The zero-order valence-corrected chi connectivity index (χ0v) is 17.9. The van der Waals surface area contributed by atoms with E-state index in [1.807, 2.05) is 12.1 Å². The third kappa shape index (κ3) is 6.05. The Labute approximate surface area is 176 Å². The van der Waals surface area contributed by atoms with Gasteiger partial charge in [-0.2, -0.15) is 0 Å². The van der Waals surface area contributed by atoms with Gasteiger partial charge in [0.25, 0.3) is 5.91 Å². The molecule has 156 valence electrons. The maximum atomic E-state index is 12.3. The van der Waals surface area contributed by atoms with Crippen molar-refractivity contribution in [3.63, 3.8) is 0 Å². The van der Waals surface area contributed by atoms with Crippen LogP contribution in [0.25, 0.3) is 0 Å². The summed E-state index contributed by atoms with van der Waals surface area (Å²) in [6.45, 7) is 5.47. The number of benzene rings is 1. The number of hydrogen-bond donors (Lipinski definition) is 3. The van der Waals surface area contributed by atoms with Gasteiger partial charge in [0.05, 0.1) is 6.04 Å². The Morgan fingerprint density at radius 2 is 1.86 bits per heavy atom. The van der Waals surface area contributed by atoms with Crippen molar-refractivity contribution in [1.29, 1.82) is 0 Å². The first-order valence-corrected chi connectivity index (χ1v) is 11.0. The molecule has 0 spiro atoms. The predicted octanol–water partition coefficient (Wildman–Crippen LogP) is 3.38. The average molecular weight is 415 g/mol. The summed E-state index contributed by atoms with van der Waals surface area (Å²) >= 11 is 1.75. The molecule has 2 aromatic rings. The zero-order valence-electron chi connectivity index (χ0n) is 17.1. The lowest BCUT2D eigenvalue weighted by Gasteiger charge is -2.36. The van der Waals surface area contributed by atoms with Crippen molar-refractivity contribution in [3.8, 4) is 0 Å². The highest BCUT2D eigenvalue weighted by atomic mass is 32.1. The molecule has 0 saturated carbocycles. The molecule has 6 nitrogen and oxygen atoms in total. The fourth-order valence-corrected chi connectivity index (χ4v) is 4.44. The number of nitrogens with one attached hydrogen (secondary N) is 3. The van der Waals surface area contributed by atoms with Gasteiger partial charge >= 0.3 is 6.03 Å². The van der Waals surface area contributed by atoms with E-state index in [4.69, 9.17) is 0 Å². The molecule has 3 amide bonds. The summed E-state index contributed by atoms with van der Waals surface area (Å²) in [4.78, 5) is 27.7.